The van der Waals surface area contributed by atoms with Gasteiger partial charge in [0.25, 0.3) is 0 Å². The Morgan fingerprint density at radius 2 is 2.00 bits per heavy atom. The summed E-state index contributed by atoms with van der Waals surface area (Å²) in [5, 5.41) is 1.19. The Kier molecular flexibility index (Phi) is 2.55. The molecular formula is C12H12BrN. The minimum atomic E-state index is 0.514. The Morgan fingerprint density at radius 1 is 1.21 bits per heavy atom. The third kappa shape index (κ3) is 1.55. The quantitative estimate of drug-likeness (QED) is 0.741. The molecule has 1 aromatic heterocycles. The highest BCUT2D eigenvalue weighted by molar-refractivity contribution is 9.10. The number of rotatable bonds is 1. The second-order valence-corrected chi connectivity index (χ2v) is 4.55. The van der Waals surface area contributed by atoms with E-state index in [-0.39, 0.29) is 0 Å². The molecule has 0 radical (unpaired) electrons. The minimum Gasteiger partial charge on any atom is -0.256 e. The first-order valence-electron chi connectivity index (χ1n) is 4.73. The number of para-hydroxylation sites is 1. The molecule has 0 aliphatic heterocycles. The predicted octanol–water partition coefficient (Wildman–Crippen LogP) is 4.12. The van der Waals surface area contributed by atoms with E-state index >= 15 is 0 Å². The molecule has 0 atom stereocenters. The molecule has 1 nitrogen and oxygen atoms in total. The van der Waals surface area contributed by atoms with Crippen LogP contribution >= 0.6 is 15.9 Å². The van der Waals surface area contributed by atoms with Gasteiger partial charge in [-0.1, -0.05) is 48.0 Å². The molecule has 14 heavy (non-hydrogen) atoms. The van der Waals surface area contributed by atoms with Crippen LogP contribution in [0.3, 0.4) is 0 Å². The standard InChI is InChI=1S/C12H12BrN/c1-8(2)9-4-3-5-10-11(13)6-7-14-12(9)10/h3-8H,1-2H3. The summed E-state index contributed by atoms with van der Waals surface area (Å²) in [5.74, 6) is 0.514. The normalized spacial score (nSPS) is 11.1. The van der Waals surface area contributed by atoms with Crippen molar-refractivity contribution in [3.8, 4) is 0 Å². The molecule has 0 bridgehead atoms. The highest BCUT2D eigenvalue weighted by Crippen LogP contribution is 2.27. The molecule has 2 rings (SSSR count). The summed E-state index contributed by atoms with van der Waals surface area (Å²) in [7, 11) is 0. The molecule has 1 aromatic carbocycles. The Hall–Kier alpha value is -0.890. The summed E-state index contributed by atoms with van der Waals surface area (Å²) in [6, 6.07) is 8.31. The molecule has 1 heterocycles. The van der Waals surface area contributed by atoms with Crippen LogP contribution in [0.5, 0.6) is 0 Å². The van der Waals surface area contributed by atoms with Crippen molar-refractivity contribution in [1.29, 1.82) is 0 Å². The van der Waals surface area contributed by atoms with Crippen LogP contribution in [0.25, 0.3) is 10.9 Å². The number of aromatic nitrogens is 1. The third-order valence-corrected chi connectivity index (χ3v) is 3.06. The van der Waals surface area contributed by atoms with Crippen molar-refractivity contribution in [2.75, 3.05) is 0 Å². The van der Waals surface area contributed by atoms with Crippen molar-refractivity contribution in [3.63, 3.8) is 0 Å². The fourth-order valence-electron chi connectivity index (χ4n) is 1.63. The average Bonchev–Trinajstić information content (AvgIpc) is 2.17. The minimum absolute atomic E-state index is 0.514. The van der Waals surface area contributed by atoms with Gasteiger partial charge in [-0.05, 0) is 17.5 Å². The number of hydrogen-bond donors (Lipinski definition) is 0. The van der Waals surface area contributed by atoms with Crippen LogP contribution in [-0.2, 0) is 0 Å². The maximum absolute atomic E-state index is 4.43. The average molecular weight is 250 g/mol. The van der Waals surface area contributed by atoms with E-state index in [9.17, 15) is 0 Å². The highest BCUT2D eigenvalue weighted by Gasteiger charge is 2.06. The Labute approximate surface area is 92.3 Å². The van der Waals surface area contributed by atoms with E-state index in [4.69, 9.17) is 0 Å². The van der Waals surface area contributed by atoms with E-state index in [1.165, 1.54) is 10.9 Å². The van der Waals surface area contributed by atoms with Gasteiger partial charge in [-0.25, -0.2) is 0 Å². The van der Waals surface area contributed by atoms with Crippen LogP contribution in [0, 0.1) is 0 Å². The van der Waals surface area contributed by atoms with E-state index < -0.39 is 0 Å². The number of pyridine rings is 1. The zero-order valence-electron chi connectivity index (χ0n) is 8.29. The zero-order valence-corrected chi connectivity index (χ0v) is 9.88. The van der Waals surface area contributed by atoms with E-state index in [1.807, 2.05) is 12.3 Å². The van der Waals surface area contributed by atoms with Gasteiger partial charge in [-0.2, -0.15) is 0 Å². The first-order valence-corrected chi connectivity index (χ1v) is 5.52. The van der Waals surface area contributed by atoms with Gasteiger partial charge in [0, 0.05) is 16.1 Å². The maximum Gasteiger partial charge on any atom is 0.0747 e. The maximum atomic E-state index is 4.43. The van der Waals surface area contributed by atoms with Crippen LogP contribution in [0.15, 0.2) is 34.9 Å². The molecule has 2 aromatic rings. The van der Waals surface area contributed by atoms with Crippen molar-refractivity contribution in [2.45, 2.75) is 19.8 Å². The molecule has 2 heteroatoms. The van der Waals surface area contributed by atoms with E-state index in [2.05, 4.69) is 53.0 Å². The second kappa shape index (κ2) is 3.70. The van der Waals surface area contributed by atoms with Gasteiger partial charge in [0.15, 0.2) is 0 Å². The highest BCUT2D eigenvalue weighted by atomic mass is 79.9. The summed E-state index contributed by atoms with van der Waals surface area (Å²) in [6.45, 7) is 4.38. The van der Waals surface area contributed by atoms with Crippen molar-refractivity contribution in [1.82, 2.24) is 4.98 Å². The van der Waals surface area contributed by atoms with Gasteiger partial charge < -0.3 is 0 Å². The fraction of sp³-hybridized carbons (Fsp3) is 0.250. The summed E-state index contributed by atoms with van der Waals surface area (Å²) in [5.41, 5.74) is 2.42. The Bertz CT molecular complexity index is 463. The summed E-state index contributed by atoms with van der Waals surface area (Å²) in [6.07, 6.45) is 1.85. The van der Waals surface area contributed by atoms with Gasteiger partial charge in [0.2, 0.25) is 0 Å². The van der Waals surface area contributed by atoms with Crippen LogP contribution in [0.4, 0.5) is 0 Å². The number of hydrogen-bond acceptors (Lipinski definition) is 1. The topological polar surface area (TPSA) is 12.9 Å². The first kappa shape index (κ1) is 9.66. The number of benzene rings is 1. The molecule has 0 fully saturated rings. The number of nitrogens with zero attached hydrogens (tertiary/aromatic N) is 1. The molecule has 0 saturated carbocycles. The van der Waals surface area contributed by atoms with Gasteiger partial charge in [-0.15, -0.1) is 0 Å². The molecule has 0 spiro atoms. The SMILES string of the molecule is CC(C)c1cccc2c(Br)ccnc12. The van der Waals surface area contributed by atoms with Crippen LogP contribution < -0.4 is 0 Å². The summed E-state index contributed by atoms with van der Waals surface area (Å²) in [4.78, 5) is 4.43. The van der Waals surface area contributed by atoms with Gasteiger partial charge >= 0.3 is 0 Å². The van der Waals surface area contributed by atoms with Crippen LogP contribution in [0.2, 0.25) is 0 Å². The summed E-state index contributed by atoms with van der Waals surface area (Å²) >= 11 is 3.54. The molecule has 0 amide bonds. The Balaban J connectivity index is 2.81. The molecular weight excluding hydrogens is 238 g/mol. The molecule has 0 N–H and O–H groups in total. The van der Waals surface area contributed by atoms with E-state index in [0.29, 0.717) is 5.92 Å². The molecule has 0 unspecified atom stereocenters. The number of halogens is 1. The van der Waals surface area contributed by atoms with Crippen LogP contribution in [-0.4, -0.2) is 4.98 Å². The predicted molar refractivity (Wildman–Crippen MR) is 63.5 cm³/mol. The molecule has 0 aliphatic rings. The molecule has 0 aliphatic carbocycles. The van der Waals surface area contributed by atoms with Gasteiger partial charge in [-0.3, -0.25) is 4.98 Å². The van der Waals surface area contributed by atoms with Crippen molar-refractivity contribution in [3.05, 3.63) is 40.5 Å². The first-order chi connectivity index (χ1) is 6.70. The van der Waals surface area contributed by atoms with E-state index in [0.717, 1.165) is 9.99 Å². The fourth-order valence-corrected chi connectivity index (χ4v) is 2.07. The van der Waals surface area contributed by atoms with Gasteiger partial charge in [0.05, 0.1) is 5.52 Å². The van der Waals surface area contributed by atoms with Crippen molar-refractivity contribution in [2.24, 2.45) is 0 Å². The Morgan fingerprint density at radius 3 is 2.71 bits per heavy atom. The third-order valence-electron chi connectivity index (χ3n) is 2.37. The van der Waals surface area contributed by atoms with E-state index in [1.54, 1.807) is 0 Å². The zero-order chi connectivity index (χ0) is 10.1. The lowest BCUT2D eigenvalue weighted by molar-refractivity contribution is 0.873. The van der Waals surface area contributed by atoms with Gasteiger partial charge in [0.1, 0.15) is 0 Å². The molecule has 72 valence electrons. The lowest BCUT2D eigenvalue weighted by atomic mass is 10.00. The van der Waals surface area contributed by atoms with Crippen LogP contribution in [0.1, 0.15) is 25.3 Å². The largest absolute Gasteiger partial charge is 0.256 e. The smallest absolute Gasteiger partial charge is 0.0747 e. The molecule has 0 saturated heterocycles. The lowest BCUT2D eigenvalue weighted by Crippen LogP contribution is -1.91. The summed E-state index contributed by atoms with van der Waals surface area (Å²) < 4.78 is 1.12. The lowest BCUT2D eigenvalue weighted by Gasteiger charge is -2.09. The van der Waals surface area contributed by atoms with Crippen molar-refractivity contribution < 1.29 is 0 Å². The number of fused-ring (bicyclic) bond motifs is 1. The van der Waals surface area contributed by atoms with Crippen molar-refractivity contribution >= 4 is 26.8 Å². The second-order valence-electron chi connectivity index (χ2n) is 3.69. The monoisotopic (exact) mass is 249 g/mol.